The fourth-order valence-corrected chi connectivity index (χ4v) is 8.29. The maximum atomic E-state index is 5.49. The minimum Gasteiger partial charge on any atom is -0.309 e. The van der Waals surface area contributed by atoms with E-state index in [1.807, 2.05) is 0 Å². The summed E-state index contributed by atoms with van der Waals surface area (Å²) in [5.74, 6) is 0.648. The van der Waals surface area contributed by atoms with Gasteiger partial charge in [-0.2, -0.15) is 0 Å². The number of fused-ring (bicyclic) bond motifs is 8. The van der Waals surface area contributed by atoms with Gasteiger partial charge in [-0.15, -0.1) is 0 Å². The molecule has 0 aliphatic rings. The van der Waals surface area contributed by atoms with Crippen LogP contribution < -0.4 is 0 Å². The smallest absolute Gasteiger partial charge is 0.235 e. The Morgan fingerprint density at radius 2 is 0.796 bits per heavy atom. The molecule has 0 saturated heterocycles. The molecular weight excluding hydrogens is 657 g/mol. The van der Waals surface area contributed by atoms with Crippen molar-refractivity contribution in [1.82, 2.24) is 19.1 Å². The fraction of sp³-hybridized carbons (Fsp3) is 0. The van der Waals surface area contributed by atoms with Crippen LogP contribution in [-0.2, 0) is 0 Å². The van der Waals surface area contributed by atoms with Crippen LogP contribution in [0.3, 0.4) is 0 Å². The number of nitrogens with zero attached hydrogens (tertiary/aromatic N) is 4. The lowest BCUT2D eigenvalue weighted by molar-refractivity contribution is 1.01. The third-order valence-corrected chi connectivity index (χ3v) is 10.7. The normalized spacial score (nSPS) is 11.7. The van der Waals surface area contributed by atoms with E-state index < -0.39 is 0 Å². The van der Waals surface area contributed by atoms with Gasteiger partial charge in [0.15, 0.2) is 0 Å². The van der Waals surface area contributed by atoms with Gasteiger partial charge in [0.05, 0.1) is 33.3 Å². The summed E-state index contributed by atoms with van der Waals surface area (Å²) in [6.45, 7) is 0. The van der Waals surface area contributed by atoms with Crippen molar-refractivity contribution < 1.29 is 0 Å². The van der Waals surface area contributed by atoms with Crippen LogP contribution in [0.4, 0.5) is 0 Å². The Morgan fingerprint density at radius 1 is 0.315 bits per heavy atom. The van der Waals surface area contributed by atoms with E-state index in [2.05, 4.69) is 203 Å². The maximum Gasteiger partial charge on any atom is 0.235 e. The molecule has 11 rings (SSSR count). The molecule has 0 aliphatic carbocycles. The van der Waals surface area contributed by atoms with Crippen molar-refractivity contribution in [3.63, 3.8) is 0 Å². The lowest BCUT2D eigenvalue weighted by atomic mass is 9.98. The number of para-hydroxylation sites is 3. The molecular formula is C50H32N4. The number of benzene rings is 8. The number of hydrogen-bond acceptors (Lipinski definition) is 2. The van der Waals surface area contributed by atoms with Crippen LogP contribution in [0.25, 0.3) is 99.7 Å². The van der Waals surface area contributed by atoms with E-state index in [1.54, 1.807) is 0 Å². The first-order chi connectivity index (χ1) is 26.8. The van der Waals surface area contributed by atoms with Crippen molar-refractivity contribution in [3.8, 4) is 45.1 Å². The average Bonchev–Trinajstić information content (AvgIpc) is 3.77. The second kappa shape index (κ2) is 12.1. The predicted molar refractivity (Wildman–Crippen MR) is 225 cm³/mol. The number of hydrogen-bond donors (Lipinski definition) is 0. The Kier molecular flexibility index (Phi) is 6.82. The van der Waals surface area contributed by atoms with E-state index in [4.69, 9.17) is 9.97 Å². The number of rotatable bonds is 5. The molecule has 3 aromatic heterocycles. The molecule has 54 heavy (non-hydrogen) atoms. The van der Waals surface area contributed by atoms with Gasteiger partial charge in [-0.05, 0) is 70.8 Å². The van der Waals surface area contributed by atoms with Crippen molar-refractivity contribution in [1.29, 1.82) is 0 Å². The van der Waals surface area contributed by atoms with Gasteiger partial charge in [0.1, 0.15) is 0 Å². The van der Waals surface area contributed by atoms with Gasteiger partial charge in [-0.25, -0.2) is 9.97 Å². The zero-order valence-electron chi connectivity index (χ0n) is 29.3. The zero-order chi connectivity index (χ0) is 35.6. The molecule has 4 heteroatoms. The highest BCUT2D eigenvalue weighted by molar-refractivity contribution is 6.28. The van der Waals surface area contributed by atoms with Gasteiger partial charge in [-0.1, -0.05) is 146 Å². The Labute approximate surface area is 311 Å². The standard InChI is InChI=1S/C50H32N4/c1-4-14-33(15-5-1)35-24-26-36(27-25-35)49-41-32-37(34-16-6-2-7-17-34)28-29-42(41)51-50(52-49)54-44-23-13-11-21-40(44)48-46(54)31-30-45-47(48)39-20-10-12-22-43(39)53(45)38-18-8-3-9-19-38/h1-32H. The van der Waals surface area contributed by atoms with E-state index in [0.717, 1.165) is 50.0 Å². The summed E-state index contributed by atoms with van der Waals surface area (Å²) >= 11 is 0. The molecule has 11 aromatic rings. The molecule has 0 aliphatic heterocycles. The average molecular weight is 689 g/mol. The second-order valence-corrected chi connectivity index (χ2v) is 13.8. The fourth-order valence-electron chi connectivity index (χ4n) is 8.29. The summed E-state index contributed by atoms with van der Waals surface area (Å²) in [4.78, 5) is 10.8. The van der Waals surface area contributed by atoms with Crippen molar-refractivity contribution in [3.05, 3.63) is 194 Å². The molecule has 0 spiro atoms. The van der Waals surface area contributed by atoms with Crippen LogP contribution in [0.5, 0.6) is 0 Å². The van der Waals surface area contributed by atoms with Gasteiger partial charge in [0, 0.05) is 38.2 Å². The largest absolute Gasteiger partial charge is 0.309 e. The summed E-state index contributed by atoms with van der Waals surface area (Å²) in [6, 6.07) is 68.9. The summed E-state index contributed by atoms with van der Waals surface area (Å²) in [5.41, 5.74) is 13.1. The SMILES string of the molecule is c1ccc(-c2ccc(-c3nc(-n4c5ccccc5c5c6c7ccccc7n(-c7ccccc7)c6ccc54)nc4ccc(-c5ccccc5)cc34)cc2)cc1. The first kappa shape index (κ1) is 30.3. The molecule has 0 fully saturated rings. The van der Waals surface area contributed by atoms with Gasteiger partial charge in [0.25, 0.3) is 0 Å². The zero-order valence-corrected chi connectivity index (χ0v) is 29.3. The minimum absolute atomic E-state index is 0.648. The van der Waals surface area contributed by atoms with E-state index in [0.29, 0.717) is 5.95 Å². The molecule has 0 amide bonds. The Balaban J connectivity index is 1.20. The van der Waals surface area contributed by atoms with Crippen LogP contribution in [0.2, 0.25) is 0 Å². The van der Waals surface area contributed by atoms with Gasteiger partial charge >= 0.3 is 0 Å². The third-order valence-electron chi connectivity index (χ3n) is 10.7. The van der Waals surface area contributed by atoms with E-state index in [-0.39, 0.29) is 0 Å². The van der Waals surface area contributed by atoms with Gasteiger partial charge in [0.2, 0.25) is 5.95 Å². The minimum atomic E-state index is 0.648. The van der Waals surface area contributed by atoms with Gasteiger partial charge in [-0.3, -0.25) is 4.57 Å². The molecule has 0 unspecified atom stereocenters. The van der Waals surface area contributed by atoms with Crippen LogP contribution >= 0.6 is 0 Å². The molecule has 4 nitrogen and oxygen atoms in total. The van der Waals surface area contributed by atoms with Crippen LogP contribution in [0.15, 0.2) is 194 Å². The predicted octanol–water partition coefficient (Wildman–Crippen LogP) is 12.8. The first-order valence-corrected chi connectivity index (χ1v) is 18.3. The summed E-state index contributed by atoms with van der Waals surface area (Å²) in [5, 5.41) is 5.84. The van der Waals surface area contributed by atoms with Crippen LogP contribution in [-0.4, -0.2) is 19.1 Å². The molecule has 3 heterocycles. The van der Waals surface area contributed by atoms with E-state index in [1.165, 1.54) is 43.7 Å². The highest BCUT2D eigenvalue weighted by atomic mass is 15.2. The maximum absolute atomic E-state index is 5.49. The molecule has 0 N–H and O–H groups in total. The highest BCUT2D eigenvalue weighted by Gasteiger charge is 2.22. The molecule has 0 saturated carbocycles. The van der Waals surface area contributed by atoms with E-state index in [9.17, 15) is 0 Å². The first-order valence-electron chi connectivity index (χ1n) is 18.3. The Hall–Kier alpha value is -7.30. The summed E-state index contributed by atoms with van der Waals surface area (Å²) in [7, 11) is 0. The van der Waals surface area contributed by atoms with Crippen molar-refractivity contribution >= 4 is 54.5 Å². The summed E-state index contributed by atoms with van der Waals surface area (Å²) in [6.07, 6.45) is 0. The lowest BCUT2D eigenvalue weighted by Crippen LogP contribution is -2.03. The molecule has 8 aromatic carbocycles. The van der Waals surface area contributed by atoms with Crippen molar-refractivity contribution in [2.24, 2.45) is 0 Å². The molecule has 0 atom stereocenters. The highest BCUT2D eigenvalue weighted by Crippen LogP contribution is 2.42. The number of aromatic nitrogens is 4. The van der Waals surface area contributed by atoms with Crippen LogP contribution in [0, 0.1) is 0 Å². The quantitative estimate of drug-likeness (QED) is 0.180. The topological polar surface area (TPSA) is 35.6 Å². The molecule has 252 valence electrons. The Bertz CT molecular complexity index is 3180. The van der Waals surface area contributed by atoms with Crippen molar-refractivity contribution in [2.75, 3.05) is 0 Å². The molecule has 0 radical (unpaired) electrons. The van der Waals surface area contributed by atoms with Crippen molar-refractivity contribution in [2.45, 2.75) is 0 Å². The lowest BCUT2D eigenvalue weighted by Gasteiger charge is -2.13. The van der Waals surface area contributed by atoms with E-state index >= 15 is 0 Å². The third kappa shape index (κ3) is 4.70. The van der Waals surface area contributed by atoms with Gasteiger partial charge < -0.3 is 4.57 Å². The van der Waals surface area contributed by atoms with Crippen LogP contribution in [0.1, 0.15) is 0 Å². The monoisotopic (exact) mass is 688 g/mol. The summed E-state index contributed by atoms with van der Waals surface area (Å²) < 4.78 is 4.63. The molecule has 0 bridgehead atoms. The second-order valence-electron chi connectivity index (χ2n) is 13.8. The Morgan fingerprint density at radius 3 is 1.44 bits per heavy atom.